The van der Waals surface area contributed by atoms with E-state index in [1.807, 2.05) is 17.8 Å². The van der Waals surface area contributed by atoms with Gasteiger partial charge in [-0.15, -0.1) is 0 Å². The van der Waals surface area contributed by atoms with Crippen LogP contribution in [-0.4, -0.2) is 92.8 Å². The SMILES string of the molecule is Cc1nn(C2CC3CCC(C2)N3C)cc1Nc1ncc(C(F)F)c(NCCCN2CCCN(C)C2=O)n1. The first-order chi connectivity index (χ1) is 17.8. The number of carbonyl (C=O) groups excluding carboxylic acids is 1. The van der Waals surface area contributed by atoms with Crippen LogP contribution in [0.25, 0.3) is 0 Å². The largest absolute Gasteiger partial charge is 0.369 e. The van der Waals surface area contributed by atoms with E-state index >= 15 is 0 Å². The van der Waals surface area contributed by atoms with Crippen LogP contribution >= 0.6 is 0 Å². The molecule has 2 aromatic heterocycles. The van der Waals surface area contributed by atoms with Crippen molar-refractivity contribution in [3.8, 4) is 0 Å². The maximum atomic E-state index is 13.6. The van der Waals surface area contributed by atoms with Gasteiger partial charge in [0.05, 0.1) is 23.0 Å². The highest BCUT2D eigenvalue weighted by atomic mass is 19.3. The lowest BCUT2D eigenvalue weighted by Crippen LogP contribution is -2.47. The van der Waals surface area contributed by atoms with Crippen molar-refractivity contribution in [1.29, 1.82) is 0 Å². The number of urea groups is 1. The number of nitrogens with zero attached hydrogens (tertiary/aromatic N) is 7. The highest BCUT2D eigenvalue weighted by molar-refractivity contribution is 5.74. The Hall–Kier alpha value is -3.02. The quantitative estimate of drug-likeness (QED) is 0.485. The number of rotatable bonds is 9. The molecule has 3 aliphatic heterocycles. The minimum atomic E-state index is -2.70. The van der Waals surface area contributed by atoms with Crippen molar-refractivity contribution < 1.29 is 13.6 Å². The fraction of sp³-hybridized carbons (Fsp3) is 0.680. The van der Waals surface area contributed by atoms with Crippen molar-refractivity contribution in [2.45, 2.75) is 70.0 Å². The van der Waals surface area contributed by atoms with Gasteiger partial charge in [0.2, 0.25) is 5.95 Å². The molecule has 5 rings (SSSR count). The summed E-state index contributed by atoms with van der Waals surface area (Å²) in [7, 11) is 4.01. The molecule has 0 saturated carbocycles. The van der Waals surface area contributed by atoms with Gasteiger partial charge in [0.25, 0.3) is 6.43 Å². The zero-order valence-corrected chi connectivity index (χ0v) is 21.8. The third kappa shape index (κ3) is 5.48. The Morgan fingerprint density at radius 3 is 2.62 bits per heavy atom. The number of nitrogens with one attached hydrogen (secondary N) is 2. The summed E-state index contributed by atoms with van der Waals surface area (Å²) in [5.74, 6) is 0.345. The summed E-state index contributed by atoms with van der Waals surface area (Å²) >= 11 is 0. The molecule has 3 saturated heterocycles. The molecule has 0 aromatic carbocycles. The lowest BCUT2D eigenvalue weighted by Gasteiger charge is -2.36. The molecule has 12 heteroatoms. The van der Waals surface area contributed by atoms with Crippen molar-refractivity contribution in [2.75, 3.05) is 50.9 Å². The number of hydrogen-bond donors (Lipinski definition) is 2. The van der Waals surface area contributed by atoms with Crippen molar-refractivity contribution in [2.24, 2.45) is 0 Å². The molecule has 202 valence electrons. The Labute approximate surface area is 216 Å². The molecule has 0 radical (unpaired) electrons. The molecular weight excluding hydrogens is 480 g/mol. The van der Waals surface area contributed by atoms with Gasteiger partial charge in [0, 0.05) is 57.7 Å². The number of piperidine rings is 1. The van der Waals surface area contributed by atoms with E-state index < -0.39 is 6.43 Å². The predicted octanol–water partition coefficient (Wildman–Crippen LogP) is 4.02. The van der Waals surface area contributed by atoms with Crippen molar-refractivity contribution >= 4 is 23.5 Å². The topological polar surface area (TPSA) is 94.5 Å². The summed E-state index contributed by atoms with van der Waals surface area (Å²) in [6.07, 6.45) is 6.66. The van der Waals surface area contributed by atoms with Crippen LogP contribution in [0.5, 0.6) is 0 Å². The van der Waals surface area contributed by atoms with Gasteiger partial charge in [-0.05, 0) is 52.5 Å². The average molecular weight is 518 g/mol. The van der Waals surface area contributed by atoms with E-state index in [1.54, 1.807) is 16.8 Å². The fourth-order valence-corrected chi connectivity index (χ4v) is 5.88. The van der Waals surface area contributed by atoms with Crippen LogP contribution in [0.2, 0.25) is 0 Å². The Bertz CT molecular complexity index is 1100. The van der Waals surface area contributed by atoms with Gasteiger partial charge in [0.15, 0.2) is 0 Å². The highest BCUT2D eigenvalue weighted by Gasteiger charge is 2.39. The van der Waals surface area contributed by atoms with Gasteiger partial charge < -0.3 is 25.3 Å². The summed E-state index contributed by atoms with van der Waals surface area (Å²) in [5.41, 5.74) is 1.35. The van der Waals surface area contributed by atoms with Crippen LogP contribution in [0.1, 0.15) is 62.2 Å². The minimum absolute atomic E-state index is 0.0110. The molecule has 3 fully saturated rings. The standard InChI is InChI=1S/C25H37F2N9O/c1-16-21(15-36(32-16)19-12-17-6-7-18(13-19)34(17)3)30-24-29-14-20(22(26)27)23(31-24)28-8-4-10-35-11-5-9-33(2)25(35)37/h14-15,17-19,22H,4-13H2,1-3H3,(H2,28,29,30,31). The number of alkyl halides is 2. The molecule has 2 atom stereocenters. The zero-order valence-electron chi connectivity index (χ0n) is 21.8. The third-order valence-electron chi connectivity index (χ3n) is 8.08. The molecular formula is C25H37F2N9O. The second kappa shape index (κ2) is 10.8. The number of aryl methyl sites for hydroxylation is 1. The molecule has 10 nitrogen and oxygen atoms in total. The molecule has 0 spiro atoms. The van der Waals surface area contributed by atoms with E-state index in [9.17, 15) is 13.6 Å². The Kier molecular flexibility index (Phi) is 7.45. The van der Waals surface area contributed by atoms with Crippen molar-refractivity contribution in [1.82, 2.24) is 34.4 Å². The van der Waals surface area contributed by atoms with Gasteiger partial charge in [-0.25, -0.2) is 18.6 Å². The van der Waals surface area contributed by atoms with Gasteiger partial charge >= 0.3 is 6.03 Å². The number of amides is 2. The number of anilines is 3. The molecule has 2 aromatic rings. The van der Waals surface area contributed by atoms with E-state index in [0.29, 0.717) is 37.6 Å². The lowest BCUT2D eigenvalue weighted by atomic mass is 9.98. The normalized spacial score (nSPS) is 24.3. The van der Waals surface area contributed by atoms with Crippen LogP contribution in [-0.2, 0) is 0 Å². The number of hydrogen-bond acceptors (Lipinski definition) is 7. The monoisotopic (exact) mass is 517 g/mol. The second-order valence-electron chi connectivity index (χ2n) is 10.5. The average Bonchev–Trinajstić information content (AvgIpc) is 3.30. The van der Waals surface area contributed by atoms with Gasteiger partial charge in [-0.1, -0.05) is 0 Å². The molecule has 2 amide bonds. The Balaban J connectivity index is 1.22. The summed E-state index contributed by atoms with van der Waals surface area (Å²) in [5, 5.41) is 11.0. The number of carbonyl (C=O) groups is 1. The maximum absolute atomic E-state index is 13.6. The molecule has 2 N–H and O–H groups in total. The maximum Gasteiger partial charge on any atom is 0.319 e. The van der Waals surface area contributed by atoms with E-state index in [1.165, 1.54) is 19.0 Å². The van der Waals surface area contributed by atoms with Gasteiger partial charge in [-0.3, -0.25) is 4.68 Å². The summed E-state index contributed by atoms with van der Waals surface area (Å²) < 4.78 is 29.3. The van der Waals surface area contributed by atoms with Gasteiger partial charge in [-0.2, -0.15) is 10.1 Å². The van der Waals surface area contributed by atoms with E-state index in [-0.39, 0.29) is 23.4 Å². The first-order valence-electron chi connectivity index (χ1n) is 13.2. The highest BCUT2D eigenvalue weighted by Crippen LogP contribution is 2.40. The van der Waals surface area contributed by atoms with Crippen LogP contribution in [0.15, 0.2) is 12.4 Å². The molecule has 2 unspecified atom stereocenters. The zero-order chi connectivity index (χ0) is 26.1. The van der Waals surface area contributed by atoms with Crippen molar-refractivity contribution in [3.63, 3.8) is 0 Å². The van der Waals surface area contributed by atoms with Crippen LogP contribution in [0.3, 0.4) is 0 Å². The van der Waals surface area contributed by atoms with E-state index in [4.69, 9.17) is 5.10 Å². The molecule has 5 heterocycles. The van der Waals surface area contributed by atoms with Gasteiger partial charge in [0.1, 0.15) is 5.82 Å². The van der Waals surface area contributed by atoms with Crippen LogP contribution in [0, 0.1) is 6.92 Å². The molecule has 0 aliphatic carbocycles. The Morgan fingerprint density at radius 2 is 1.89 bits per heavy atom. The third-order valence-corrected chi connectivity index (χ3v) is 8.08. The summed E-state index contributed by atoms with van der Waals surface area (Å²) in [4.78, 5) is 26.7. The first-order valence-corrected chi connectivity index (χ1v) is 13.2. The summed E-state index contributed by atoms with van der Waals surface area (Å²) in [6, 6.07) is 1.58. The molecule has 2 bridgehead atoms. The van der Waals surface area contributed by atoms with E-state index in [2.05, 4.69) is 32.5 Å². The smallest absolute Gasteiger partial charge is 0.319 e. The molecule has 37 heavy (non-hydrogen) atoms. The number of halogens is 2. The summed E-state index contributed by atoms with van der Waals surface area (Å²) in [6.45, 7) is 4.39. The lowest BCUT2D eigenvalue weighted by molar-refractivity contribution is 0.131. The fourth-order valence-electron chi connectivity index (χ4n) is 5.88. The van der Waals surface area contributed by atoms with Crippen molar-refractivity contribution in [3.05, 3.63) is 23.7 Å². The first kappa shape index (κ1) is 25.6. The number of fused-ring (bicyclic) bond motifs is 2. The molecule has 3 aliphatic rings. The minimum Gasteiger partial charge on any atom is -0.369 e. The Morgan fingerprint density at radius 1 is 1.14 bits per heavy atom. The van der Waals surface area contributed by atoms with E-state index in [0.717, 1.165) is 43.7 Å². The van der Waals surface area contributed by atoms with Crippen LogP contribution in [0.4, 0.5) is 31.0 Å². The predicted molar refractivity (Wildman–Crippen MR) is 137 cm³/mol. The number of aromatic nitrogens is 4. The van der Waals surface area contributed by atoms with Crippen LogP contribution < -0.4 is 10.6 Å². The second-order valence-corrected chi connectivity index (χ2v) is 10.5.